The zero-order chi connectivity index (χ0) is 14.5. The van der Waals surface area contributed by atoms with Gasteiger partial charge in [0.15, 0.2) is 0 Å². The van der Waals surface area contributed by atoms with E-state index in [0.717, 1.165) is 32.2 Å². The van der Waals surface area contributed by atoms with Crippen molar-refractivity contribution in [3.8, 4) is 0 Å². The summed E-state index contributed by atoms with van der Waals surface area (Å²) < 4.78 is 5.92. The Labute approximate surface area is 126 Å². The van der Waals surface area contributed by atoms with Crippen molar-refractivity contribution in [1.29, 1.82) is 0 Å². The van der Waals surface area contributed by atoms with Crippen LogP contribution in [0.15, 0.2) is 42.5 Å². The summed E-state index contributed by atoms with van der Waals surface area (Å²) in [5.41, 5.74) is 0.954. The number of rotatable bonds is 4. The number of hydrogen-bond acceptors (Lipinski definition) is 2. The van der Waals surface area contributed by atoms with Crippen LogP contribution in [0.1, 0.15) is 31.2 Å². The molecule has 1 saturated heterocycles. The maximum atomic E-state index is 12.4. The van der Waals surface area contributed by atoms with Crippen molar-refractivity contribution in [2.45, 2.75) is 32.3 Å². The Morgan fingerprint density at radius 1 is 1.24 bits per heavy atom. The van der Waals surface area contributed by atoms with Crippen molar-refractivity contribution in [3.05, 3.63) is 48.0 Å². The fraction of sp³-hybridized carbons (Fsp3) is 0.500. The molecule has 1 aromatic carbocycles. The largest absolute Gasteiger partial charge is 0.376 e. The lowest BCUT2D eigenvalue weighted by molar-refractivity contribution is -0.139. The van der Waals surface area contributed by atoms with Gasteiger partial charge in [-0.25, -0.2) is 0 Å². The molecule has 2 atom stereocenters. The second-order valence-corrected chi connectivity index (χ2v) is 6.12. The fourth-order valence-corrected chi connectivity index (χ4v) is 3.55. The Balaban J connectivity index is 1.62. The standard InChI is InChI=1S/C18H23NO2/c20-17-18(11-6-12-19-17)10-5-4-9-16(18)14-21-13-15-7-2-1-3-8-15/h1-5,7-8,16H,6,9-14H2,(H,19,20)/t16-,18+/m1/s1. The maximum absolute atomic E-state index is 12.4. The molecular formula is C18H23NO2. The van der Waals surface area contributed by atoms with E-state index in [1.807, 2.05) is 18.2 Å². The zero-order valence-electron chi connectivity index (χ0n) is 12.4. The molecule has 21 heavy (non-hydrogen) atoms. The first-order valence-electron chi connectivity index (χ1n) is 7.86. The molecule has 1 spiro atoms. The summed E-state index contributed by atoms with van der Waals surface area (Å²) in [6.07, 6.45) is 8.24. The van der Waals surface area contributed by atoms with E-state index in [2.05, 4.69) is 29.6 Å². The van der Waals surface area contributed by atoms with Crippen molar-refractivity contribution in [2.75, 3.05) is 13.2 Å². The van der Waals surface area contributed by atoms with Crippen LogP contribution in [0.25, 0.3) is 0 Å². The summed E-state index contributed by atoms with van der Waals surface area (Å²) in [4.78, 5) is 12.4. The third-order valence-corrected chi connectivity index (χ3v) is 4.82. The predicted molar refractivity (Wildman–Crippen MR) is 82.6 cm³/mol. The number of benzene rings is 1. The number of amides is 1. The fourth-order valence-electron chi connectivity index (χ4n) is 3.55. The van der Waals surface area contributed by atoms with Gasteiger partial charge in [0.2, 0.25) is 5.91 Å². The Morgan fingerprint density at radius 2 is 2.10 bits per heavy atom. The molecule has 0 bridgehead atoms. The molecular weight excluding hydrogens is 262 g/mol. The van der Waals surface area contributed by atoms with E-state index in [-0.39, 0.29) is 11.3 Å². The average molecular weight is 285 g/mol. The second-order valence-electron chi connectivity index (χ2n) is 6.12. The molecule has 1 fully saturated rings. The van der Waals surface area contributed by atoms with Crippen molar-refractivity contribution in [1.82, 2.24) is 5.32 Å². The van der Waals surface area contributed by atoms with E-state index in [1.54, 1.807) is 0 Å². The first kappa shape index (κ1) is 14.3. The van der Waals surface area contributed by atoms with Crippen LogP contribution in [0, 0.1) is 11.3 Å². The highest BCUT2D eigenvalue weighted by atomic mass is 16.5. The average Bonchev–Trinajstić information content (AvgIpc) is 2.53. The van der Waals surface area contributed by atoms with E-state index >= 15 is 0 Å². The Morgan fingerprint density at radius 3 is 2.90 bits per heavy atom. The quantitative estimate of drug-likeness (QED) is 0.863. The summed E-state index contributed by atoms with van der Waals surface area (Å²) in [6, 6.07) is 10.2. The normalized spacial score (nSPS) is 28.6. The van der Waals surface area contributed by atoms with Crippen molar-refractivity contribution >= 4 is 5.91 Å². The molecule has 1 aliphatic carbocycles. The number of allylic oxidation sites excluding steroid dienone is 2. The van der Waals surface area contributed by atoms with Gasteiger partial charge < -0.3 is 10.1 Å². The highest BCUT2D eigenvalue weighted by Gasteiger charge is 2.46. The van der Waals surface area contributed by atoms with Crippen molar-refractivity contribution in [3.63, 3.8) is 0 Å². The minimum atomic E-state index is -0.232. The molecule has 3 heteroatoms. The van der Waals surface area contributed by atoms with Gasteiger partial charge in [-0.1, -0.05) is 42.5 Å². The molecule has 0 saturated carbocycles. The van der Waals surface area contributed by atoms with E-state index in [1.165, 1.54) is 5.56 Å². The van der Waals surface area contributed by atoms with Crippen LogP contribution in [-0.2, 0) is 16.1 Å². The Kier molecular flexibility index (Phi) is 4.39. The van der Waals surface area contributed by atoms with Crippen LogP contribution >= 0.6 is 0 Å². The third kappa shape index (κ3) is 3.03. The monoisotopic (exact) mass is 285 g/mol. The number of ether oxygens (including phenoxy) is 1. The van der Waals surface area contributed by atoms with Crippen LogP contribution in [-0.4, -0.2) is 19.1 Å². The minimum absolute atomic E-state index is 0.228. The van der Waals surface area contributed by atoms with Gasteiger partial charge in [-0.05, 0) is 31.2 Å². The van der Waals surface area contributed by atoms with Gasteiger partial charge in [0, 0.05) is 12.5 Å². The summed E-state index contributed by atoms with van der Waals surface area (Å²) in [5.74, 6) is 0.526. The highest BCUT2D eigenvalue weighted by molar-refractivity contribution is 5.84. The van der Waals surface area contributed by atoms with Crippen molar-refractivity contribution in [2.24, 2.45) is 11.3 Å². The van der Waals surface area contributed by atoms with Gasteiger partial charge >= 0.3 is 0 Å². The van der Waals surface area contributed by atoms with Crippen LogP contribution in [0.2, 0.25) is 0 Å². The van der Waals surface area contributed by atoms with E-state index < -0.39 is 0 Å². The summed E-state index contributed by atoms with van der Waals surface area (Å²) >= 11 is 0. The third-order valence-electron chi connectivity index (χ3n) is 4.82. The lowest BCUT2D eigenvalue weighted by Gasteiger charge is -2.43. The summed E-state index contributed by atoms with van der Waals surface area (Å²) in [5, 5.41) is 3.05. The summed E-state index contributed by atoms with van der Waals surface area (Å²) in [6.45, 7) is 2.10. The molecule has 3 rings (SSSR count). The molecule has 0 aromatic heterocycles. The van der Waals surface area contributed by atoms with Crippen LogP contribution in [0.3, 0.4) is 0 Å². The molecule has 1 N–H and O–H groups in total. The number of carbonyl (C=O) groups excluding carboxylic acids is 1. The van der Waals surface area contributed by atoms with E-state index in [4.69, 9.17) is 4.74 Å². The molecule has 1 amide bonds. The van der Waals surface area contributed by atoms with Crippen LogP contribution < -0.4 is 5.32 Å². The lowest BCUT2D eigenvalue weighted by atomic mass is 9.64. The zero-order valence-corrected chi connectivity index (χ0v) is 12.4. The Hall–Kier alpha value is -1.61. The van der Waals surface area contributed by atoms with E-state index in [9.17, 15) is 4.79 Å². The predicted octanol–water partition coefficient (Wildman–Crippen LogP) is 3.07. The van der Waals surface area contributed by atoms with Gasteiger partial charge in [0.25, 0.3) is 0 Å². The number of nitrogens with one attached hydrogen (secondary N) is 1. The number of carbonyl (C=O) groups is 1. The van der Waals surface area contributed by atoms with Crippen molar-refractivity contribution < 1.29 is 9.53 Å². The molecule has 0 radical (unpaired) electrons. The molecule has 0 unspecified atom stereocenters. The smallest absolute Gasteiger partial charge is 0.226 e. The van der Waals surface area contributed by atoms with Crippen LogP contribution in [0.5, 0.6) is 0 Å². The second kappa shape index (κ2) is 6.44. The maximum Gasteiger partial charge on any atom is 0.226 e. The van der Waals surface area contributed by atoms with Gasteiger partial charge in [-0.2, -0.15) is 0 Å². The first-order valence-corrected chi connectivity index (χ1v) is 7.86. The molecule has 1 heterocycles. The molecule has 3 nitrogen and oxygen atoms in total. The SMILES string of the molecule is O=C1NCCC[C@]12CC=CC[C@@H]2COCc1ccccc1. The topological polar surface area (TPSA) is 38.3 Å². The van der Waals surface area contributed by atoms with Gasteiger partial charge in [0.1, 0.15) is 0 Å². The van der Waals surface area contributed by atoms with Crippen LogP contribution in [0.4, 0.5) is 0 Å². The minimum Gasteiger partial charge on any atom is -0.376 e. The number of hydrogen-bond donors (Lipinski definition) is 1. The Bertz CT molecular complexity index is 511. The number of piperidine rings is 1. The van der Waals surface area contributed by atoms with Gasteiger partial charge in [-0.3, -0.25) is 4.79 Å². The lowest BCUT2D eigenvalue weighted by Crippen LogP contribution is -2.51. The molecule has 112 valence electrons. The molecule has 2 aliphatic rings. The molecule has 1 aromatic rings. The molecule has 1 aliphatic heterocycles. The summed E-state index contributed by atoms with van der Waals surface area (Å²) in [7, 11) is 0. The van der Waals surface area contributed by atoms with E-state index in [0.29, 0.717) is 19.1 Å². The van der Waals surface area contributed by atoms with Gasteiger partial charge in [0.05, 0.1) is 18.6 Å². The first-order chi connectivity index (χ1) is 10.3. The van der Waals surface area contributed by atoms with Gasteiger partial charge in [-0.15, -0.1) is 0 Å². The highest BCUT2D eigenvalue weighted by Crippen LogP contribution is 2.44.